The predicted octanol–water partition coefficient (Wildman–Crippen LogP) is 5.36. The highest BCUT2D eigenvalue weighted by Gasteiger charge is 2.52. The van der Waals surface area contributed by atoms with E-state index in [1.165, 1.54) is 38.5 Å². The van der Waals surface area contributed by atoms with Crippen LogP contribution in [0.2, 0.25) is 0 Å². The van der Waals surface area contributed by atoms with Gasteiger partial charge < -0.3 is 14.9 Å². The first kappa shape index (κ1) is 15.1. The number of hydrogen-bond donors (Lipinski definition) is 2. The summed E-state index contributed by atoms with van der Waals surface area (Å²) in [4.78, 5) is 0. The lowest BCUT2D eigenvalue weighted by Crippen LogP contribution is -2.48. The predicted molar refractivity (Wildman–Crippen MR) is 96.1 cm³/mol. The van der Waals surface area contributed by atoms with Crippen LogP contribution in [-0.4, -0.2) is 10.2 Å². The van der Waals surface area contributed by atoms with Crippen LogP contribution >= 0.6 is 0 Å². The van der Waals surface area contributed by atoms with Crippen LogP contribution in [-0.2, 0) is 5.41 Å². The van der Waals surface area contributed by atoms with Crippen molar-refractivity contribution in [2.75, 3.05) is 0 Å². The van der Waals surface area contributed by atoms with Crippen LogP contribution in [0, 0.1) is 17.8 Å². The Morgan fingerprint density at radius 2 is 1.44 bits per heavy atom. The Balaban J connectivity index is 1.51. The molecule has 2 aromatic carbocycles. The van der Waals surface area contributed by atoms with Crippen LogP contribution in [0.1, 0.15) is 44.1 Å². The van der Waals surface area contributed by atoms with Crippen LogP contribution in [0.4, 0.5) is 0 Å². The monoisotopic (exact) mass is 336 g/mol. The van der Waals surface area contributed by atoms with Crippen molar-refractivity contribution in [2.45, 2.75) is 43.9 Å². The van der Waals surface area contributed by atoms with E-state index in [1.54, 1.807) is 30.3 Å². The minimum absolute atomic E-state index is 0.122. The molecule has 3 nitrogen and oxygen atoms in total. The summed E-state index contributed by atoms with van der Waals surface area (Å²) in [7, 11) is 0. The van der Waals surface area contributed by atoms with Gasteiger partial charge in [-0.2, -0.15) is 0 Å². The molecule has 0 heterocycles. The number of benzene rings is 2. The molecule has 0 unspecified atom stereocenters. The number of phenols is 2. The van der Waals surface area contributed by atoms with Crippen LogP contribution in [0.5, 0.6) is 23.0 Å². The summed E-state index contributed by atoms with van der Waals surface area (Å²) in [6.07, 6.45) is 7.75. The van der Waals surface area contributed by atoms with E-state index in [-0.39, 0.29) is 11.2 Å². The Labute approximate surface area is 148 Å². The van der Waals surface area contributed by atoms with E-state index < -0.39 is 0 Å². The number of phenolic OH excluding ortho intramolecular Hbond substituents is 2. The van der Waals surface area contributed by atoms with Gasteiger partial charge in [0.1, 0.15) is 11.5 Å². The van der Waals surface area contributed by atoms with E-state index in [4.69, 9.17) is 4.74 Å². The second kappa shape index (κ2) is 5.42. The number of aromatic hydroxyl groups is 2. The summed E-state index contributed by atoms with van der Waals surface area (Å²) < 4.78 is 5.91. The molecule has 6 rings (SSSR count). The van der Waals surface area contributed by atoms with Gasteiger partial charge >= 0.3 is 0 Å². The summed E-state index contributed by atoms with van der Waals surface area (Å²) >= 11 is 0. The summed E-state index contributed by atoms with van der Waals surface area (Å²) in [6.45, 7) is 0. The van der Waals surface area contributed by atoms with Gasteiger partial charge in [-0.25, -0.2) is 0 Å². The molecule has 3 heteroatoms. The third-order valence-electron chi connectivity index (χ3n) is 6.67. The van der Waals surface area contributed by atoms with E-state index in [2.05, 4.69) is 0 Å². The molecule has 4 fully saturated rings. The summed E-state index contributed by atoms with van der Waals surface area (Å²) in [5.41, 5.74) is 1.18. The second-order valence-corrected chi connectivity index (χ2v) is 8.45. The molecule has 4 saturated carbocycles. The van der Waals surface area contributed by atoms with Gasteiger partial charge in [0.15, 0.2) is 11.5 Å². The molecule has 4 aliphatic rings. The zero-order chi connectivity index (χ0) is 17.0. The Kier molecular flexibility index (Phi) is 3.28. The Morgan fingerprint density at radius 1 is 0.800 bits per heavy atom. The lowest BCUT2D eigenvalue weighted by molar-refractivity contribution is -0.00620. The van der Waals surface area contributed by atoms with E-state index in [1.807, 2.05) is 12.1 Å². The normalized spacial score (nSPS) is 32.7. The molecule has 0 radical (unpaired) electrons. The molecule has 0 saturated heterocycles. The van der Waals surface area contributed by atoms with Gasteiger partial charge in [-0.1, -0.05) is 12.1 Å². The third-order valence-corrected chi connectivity index (χ3v) is 6.67. The number of ether oxygens (including phenoxy) is 1. The van der Waals surface area contributed by atoms with Gasteiger partial charge in [0.05, 0.1) is 0 Å². The Morgan fingerprint density at radius 3 is 2.08 bits per heavy atom. The van der Waals surface area contributed by atoms with Gasteiger partial charge in [-0.15, -0.1) is 0 Å². The molecule has 0 aromatic heterocycles. The molecule has 4 aliphatic carbocycles. The first-order valence-electron chi connectivity index (χ1n) is 9.41. The van der Waals surface area contributed by atoms with Gasteiger partial charge in [-0.3, -0.25) is 0 Å². The molecule has 0 atom stereocenters. The van der Waals surface area contributed by atoms with Crippen molar-refractivity contribution in [3.05, 3.63) is 48.0 Å². The maximum Gasteiger partial charge on any atom is 0.169 e. The summed E-state index contributed by atoms with van der Waals surface area (Å²) in [5, 5.41) is 20.6. The highest BCUT2D eigenvalue weighted by Crippen LogP contribution is 2.62. The number of rotatable bonds is 3. The van der Waals surface area contributed by atoms with E-state index in [0.717, 1.165) is 23.3 Å². The van der Waals surface area contributed by atoms with Gasteiger partial charge in [0.2, 0.25) is 0 Å². The van der Waals surface area contributed by atoms with Crippen LogP contribution < -0.4 is 4.74 Å². The highest BCUT2D eigenvalue weighted by molar-refractivity contribution is 5.48. The van der Waals surface area contributed by atoms with Gasteiger partial charge in [0.25, 0.3) is 0 Å². The van der Waals surface area contributed by atoms with Crippen molar-refractivity contribution in [1.82, 2.24) is 0 Å². The van der Waals surface area contributed by atoms with Gasteiger partial charge in [0, 0.05) is 5.56 Å². The first-order chi connectivity index (χ1) is 12.1. The van der Waals surface area contributed by atoms with E-state index >= 15 is 0 Å². The van der Waals surface area contributed by atoms with E-state index in [0.29, 0.717) is 17.2 Å². The summed E-state index contributed by atoms with van der Waals surface area (Å²) in [5.74, 6) is 4.14. The maximum atomic E-state index is 10.6. The lowest BCUT2D eigenvalue weighted by Gasteiger charge is -2.57. The summed E-state index contributed by atoms with van der Waals surface area (Å²) in [6, 6.07) is 12.5. The smallest absolute Gasteiger partial charge is 0.169 e. The molecule has 0 amide bonds. The average molecular weight is 336 g/mol. The molecule has 2 N–H and O–H groups in total. The fraction of sp³-hybridized carbons (Fsp3) is 0.455. The first-order valence-corrected chi connectivity index (χ1v) is 9.41. The van der Waals surface area contributed by atoms with Gasteiger partial charge in [-0.05, 0) is 92.0 Å². The topological polar surface area (TPSA) is 49.7 Å². The Bertz CT molecular complexity index is 775. The zero-order valence-corrected chi connectivity index (χ0v) is 14.3. The maximum absolute atomic E-state index is 10.6. The largest absolute Gasteiger partial charge is 0.508 e. The molecule has 0 aliphatic heterocycles. The SMILES string of the molecule is Oc1ccccc1Oc1ccc(O)c(C23CC4CC(CC(C4)C2)C3)c1. The number of hydrogen-bond acceptors (Lipinski definition) is 3. The second-order valence-electron chi connectivity index (χ2n) is 8.45. The Hall–Kier alpha value is -2.16. The third kappa shape index (κ3) is 2.48. The minimum Gasteiger partial charge on any atom is -0.508 e. The van der Waals surface area contributed by atoms with Crippen molar-refractivity contribution >= 4 is 0 Å². The highest BCUT2D eigenvalue weighted by atomic mass is 16.5. The van der Waals surface area contributed by atoms with Crippen LogP contribution in [0.25, 0.3) is 0 Å². The standard InChI is InChI=1S/C22H24O3/c23-19-6-5-17(25-21-4-2-1-3-20(21)24)10-18(19)22-11-14-7-15(12-22)9-16(8-14)13-22/h1-6,10,14-16,23-24H,7-9,11-13H2. The molecule has 0 spiro atoms. The van der Waals surface area contributed by atoms with Crippen molar-refractivity contribution < 1.29 is 14.9 Å². The fourth-order valence-electron chi connectivity index (χ4n) is 6.11. The average Bonchev–Trinajstić information content (AvgIpc) is 2.57. The number of para-hydroxylation sites is 2. The molecule has 130 valence electrons. The molecule has 25 heavy (non-hydrogen) atoms. The quantitative estimate of drug-likeness (QED) is 0.793. The van der Waals surface area contributed by atoms with Crippen molar-refractivity contribution in [2.24, 2.45) is 17.8 Å². The molecular weight excluding hydrogens is 312 g/mol. The molecule has 4 bridgehead atoms. The van der Waals surface area contributed by atoms with Crippen molar-refractivity contribution in [3.8, 4) is 23.0 Å². The minimum atomic E-state index is 0.122. The fourth-order valence-corrected chi connectivity index (χ4v) is 6.11. The molecular formula is C22H24O3. The molecule has 2 aromatic rings. The van der Waals surface area contributed by atoms with Crippen LogP contribution in [0.3, 0.4) is 0 Å². The van der Waals surface area contributed by atoms with Crippen molar-refractivity contribution in [3.63, 3.8) is 0 Å². The zero-order valence-electron chi connectivity index (χ0n) is 14.3. The van der Waals surface area contributed by atoms with E-state index in [9.17, 15) is 10.2 Å². The van der Waals surface area contributed by atoms with Crippen LogP contribution in [0.15, 0.2) is 42.5 Å². The van der Waals surface area contributed by atoms with Crippen molar-refractivity contribution in [1.29, 1.82) is 0 Å². The lowest BCUT2D eigenvalue weighted by atomic mass is 9.48.